The number of hydrogen-bond donors (Lipinski definition) is 2. The maximum atomic E-state index is 14.6. The molecule has 1 saturated heterocycles. The molecule has 2 fully saturated rings. The Bertz CT molecular complexity index is 1190. The number of nitrogens with zero attached hydrogens (tertiary/aromatic N) is 3. The van der Waals surface area contributed by atoms with Crippen molar-refractivity contribution in [3.8, 4) is 0 Å². The normalized spacial score (nSPS) is 15.7. The summed E-state index contributed by atoms with van der Waals surface area (Å²) in [6, 6.07) is 8.54. The molecule has 2 aliphatic rings. The minimum atomic E-state index is -0.999. The smallest absolute Gasteiger partial charge is 0.319 e. The first-order valence-corrected chi connectivity index (χ1v) is 12.4. The summed E-state index contributed by atoms with van der Waals surface area (Å²) >= 11 is 0. The summed E-state index contributed by atoms with van der Waals surface area (Å²) in [4.78, 5) is 44.7. The molecule has 1 heterocycles. The minimum Gasteiger partial charge on any atom is -0.338 e. The van der Waals surface area contributed by atoms with Crippen molar-refractivity contribution >= 4 is 29.2 Å². The SMILES string of the molecule is CC(C)=NC(=O)c1cccc(CN2CCN(C(=O)c3cc(F)c(NC(=O)NCC4CC4)c(F)c3)CC2)c1. The summed E-state index contributed by atoms with van der Waals surface area (Å²) in [5.41, 5.74) is 1.50. The van der Waals surface area contributed by atoms with Gasteiger partial charge in [0.05, 0.1) is 0 Å². The van der Waals surface area contributed by atoms with E-state index in [1.54, 1.807) is 24.8 Å². The molecule has 2 N–H and O–H groups in total. The Morgan fingerprint density at radius 2 is 1.65 bits per heavy atom. The van der Waals surface area contributed by atoms with E-state index in [1.807, 2.05) is 18.2 Å². The quantitative estimate of drug-likeness (QED) is 0.548. The van der Waals surface area contributed by atoms with E-state index in [4.69, 9.17) is 0 Å². The van der Waals surface area contributed by atoms with Crippen LogP contribution in [0.25, 0.3) is 0 Å². The average molecular weight is 512 g/mol. The third kappa shape index (κ3) is 7.19. The van der Waals surface area contributed by atoms with Gasteiger partial charge in [0, 0.05) is 56.1 Å². The molecule has 4 rings (SSSR count). The zero-order chi connectivity index (χ0) is 26.5. The van der Waals surface area contributed by atoms with Gasteiger partial charge in [-0.3, -0.25) is 14.5 Å². The van der Waals surface area contributed by atoms with E-state index < -0.39 is 29.3 Å². The Morgan fingerprint density at radius 1 is 0.973 bits per heavy atom. The number of piperazine rings is 1. The summed E-state index contributed by atoms with van der Waals surface area (Å²) in [5, 5.41) is 4.78. The van der Waals surface area contributed by atoms with Crippen LogP contribution in [0, 0.1) is 17.6 Å². The molecule has 2 aromatic rings. The highest BCUT2D eigenvalue weighted by atomic mass is 19.1. The lowest BCUT2D eigenvalue weighted by molar-refractivity contribution is 0.0627. The van der Waals surface area contributed by atoms with Gasteiger partial charge in [-0.25, -0.2) is 18.6 Å². The number of anilines is 1. The molecule has 8 nitrogen and oxygen atoms in total. The summed E-state index contributed by atoms with van der Waals surface area (Å²) < 4.78 is 29.2. The number of nitrogens with one attached hydrogen (secondary N) is 2. The summed E-state index contributed by atoms with van der Waals surface area (Å²) in [6.45, 7) is 6.54. The fourth-order valence-electron chi connectivity index (χ4n) is 4.15. The molecule has 1 aliphatic carbocycles. The number of rotatable bonds is 7. The standard InChI is InChI=1S/C27H31F2N5O3/c1-17(2)31-25(35)20-5-3-4-19(12-20)16-33-8-10-34(11-9-33)26(36)21-13-22(28)24(23(29)14-21)32-27(37)30-15-18-6-7-18/h3-5,12-14,18H,6-11,15-16H2,1-2H3,(H2,30,32,37). The maximum Gasteiger partial charge on any atom is 0.319 e. The Hall–Kier alpha value is -3.66. The van der Waals surface area contributed by atoms with Crippen LogP contribution in [0.2, 0.25) is 0 Å². The lowest BCUT2D eigenvalue weighted by Gasteiger charge is -2.35. The number of carbonyl (C=O) groups excluding carboxylic acids is 3. The molecule has 0 bridgehead atoms. The van der Waals surface area contributed by atoms with Crippen molar-refractivity contribution < 1.29 is 23.2 Å². The highest BCUT2D eigenvalue weighted by Gasteiger charge is 2.25. The van der Waals surface area contributed by atoms with Crippen LogP contribution in [0.15, 0.2) is 41.4 Å². The number of carbonyl (C=O) groups is 3. The number of amides is 4. The fraction of sp³-hybridized carbons (Fsp3) is 0.407. The van der Waals surface area contributed by atoms with Crippen molar-refractivity contribution in [1.82, 2.24) is 15.1 Å². The Kier molecular flexibility index (Phi) is 8.27. The van der Waals surface area contributed by atoms with Gasteiger partial charge in [-0.1, -0.05) is 12.1 Å². The zero-order valence-corrected chi connectivity index (χ0v) is 21.0. The monoisotopic (exact) mass is 511 g/mol. The largest absolute Gasteiger partial charge is 0.338 e. The second kappa shape index (κ2) is 11.6. The molecule has 0 spiro atoms. The number of benzene rings is 2. The van der Waals surface area contributed by atoms with Crippen molar-refractivity contribution in [2.45, 2.75) is 33.2 Å². The number of halogens is 2. The van der Waals surface area contributed by atoms with E-state index in [0.717, 1.165) is 30.5 Å². The topological polar surface area (TPSA) is 94.1 Å². The summed E-state index contributed by atoms with van der Waals surface area (Å²) in [5.74, 6) is -2.32. The summed E-state index contributed by atoms with van der Waals surface area (Å²) in [7, 11) is 0. The molecule has 0 atom stereocenters. The van der Waals surface area contributed by atoms with Gasteiger partial charge in [-0.05, 0) is 62.4 Å². The van der Waals surface area contributed by atoms with E-state index in [9.17, 15) is 23.2 Å². The van der Waals surface area contributed by atoms with Gasteiger partial charge in [-0.2, -0.15) is 0 Å². The molecule has 0 aromatic heterocycles. The highest BCUT2D eigenvalue weighted by molar-refractivity contribution is 6.02. The first-order chi connectivity index (χ1) is 17.7. The molecular formula is C27H31F2N5O3. The van der Waals surface area contributed by atoms with Crippen molar-refractivity contribution in [3.05, 3.63) is 64.7 Å². The number of urea groups is 1. The lowest BCUT2D eigenvalue weighted by atomic mass is 10.1. The highest BCUT2D eigenvalue weighted by Crippen LogP contribution is 2.28. The Balaban J connectivity index is 1.32. The minimum absolute atomic E-state index is 0.106. The molecule has 10 heteroatoms. The molecule has 1 saturated carbocycles. The second-order valence-corrected chi connectivity index (χ2v) is 9.73. The van der Waals surface area contributed by atoms with Gasteiger partial charge in [0.1, 0.15) is 5.69 Å². The number of hydrogen-bond acceptors (Lipinski definition) is 4. The van der Waals surface area contributed by atoms with Crippen LogP contribution >= 0.6 is 0 Å². The van der Waals surface area contributed by atoms with Gasteiger partial charge in [0.15, 0.2) is 11.6 Å². The van der Waals surface area contributed by atoms with E-state index in [1.165, 1.54) is 0 Å². The van der Waals surface area contributed by atoms with Gasteiger partial charge >= 0.3 is 6.03 Å². The first-order valence-electron chi connectivity index (χ1n) is 12.4. The van der Waals surface area contributed by atoms with Crippen LogP contribution in [-0.2, 0) is 6.54 Å². The van der Waals surface area contributed by atoms with Crippen LogP contribution < -0.4 is 10.6 Å². The maximum absolute atomic E-state index is 14.6. The van der Waals surface area contributed by atoms with E-state index in [0.29, 0.717) is 56.5 Å². The molecule has 2 aromatic carbocycles. The first kappa shape index (κ1) is 26.4. The van der Waals surface area contributed by atoms with E-state index in [2.05, 4.69) is 20.5 Å². The fourth-order valence-corrected chi connectivity index (χ4v) is 4.15. The molecular weight excluding hydrogens is 480 g/mol. The molecule has 196 valence electrons. The predicted molar refractivity (Wildman–Crippen MR) is 137 cm³/mol. The van der Waals surface area contributed by atoms with E-state index in [-0.39, 0.29) is 11.5 Å². The van der Waals surface area contributed by atoms with Crippen molar-refractivity contribution in [3.63, 3.8) is 0 Å². The molecule has 37 heavy (non-hydrogen) atoms. The molecule has 4 amide bonds. The predicted octanol–water partition coefficient (Wildman–Crippen LogP) is 4.08. The van der Waals surface area contributed by atoms with Crippen molar-refractivity contribution in [2.24, 2.45) is 10.9 Å². The van der Waals surface area contributed by atoms with Crippen molar-refractivity contribution in [2.75, 3.05) is 38.0 Å². The third-order valence-electron chi connectivity index (χ3n) is 6.34. The van der Waals surface area contributed by atoms with Gasteiger partial charge in [0.2, 0.25) is 0 Å². The third-order valence-corrected chi connectivity index (χ3v) is 6.34. The Morgan fingerprint density at radius 3 is 2.27 bits per heavy atom. The van der Waals surface area contributed by atoms with Crippen LogP contribution in [0.3, 0.4) is 0 Å². The average Bonchev–Trinajstić information content (AvgIpc) is 3.69. The van der Waals surface area contributed by atoms with Crippen molar-refractivity contribution in [1.29, 1.82) is 0 Å². The molecule has 1 aliphatic heterocycles. The lowest BCUT2D eigenvalue weighted by Crippen LogP contribution is -2.48. The van der Waals surface area contributed by atoms with Crippen LogP contribution in [-0.4, -0.2) is 66.1 Å². The van der Waals surface area contributed by atoms with Gasteiger partial charge < -0.3 is 15.5 Å². The second-order valence-electron chi connectivity index (χ2n) is 9.73. The molecule has 0 unspecified atom stereocenters. The van der Waals surface area contributed by atoms with Crippen LogP contribution in [0.1, 0.15) is 53.0 Å². The summed E-state index contributed by atoms with van der Waals surface area (Å²) in [6.07, 6.45) is 2.08. The van der Waals surface area contributed by atoms with Gasteiger partial charge in [-0.15, -0.1) is 0 Å². The van der Waals surface area contributed by atoms with Crippen LogP contribution in [0.4, 0.5) is 19.3 Å². The Labute approximate surface area is 214 Å². The van der Waals surface area contributed by atoms with E-state index >= 15 is 0 Å². The van der Waals surface area contributed by atoms with Gasteiger partial charge in [0.25, 0.3) is 11.8 Å². The zero-order valence-electron chi connectivity index (χ0n) is 21.0. The van der Waals surface area contributed by atoms with Crippen LogP contribution in [0.5, 0.6) is 0 Å². The molecule has 0 radical (unpaired) electrons. The number of aliphatic imine (C=N–C) groups is 1.